The number of amides is 1. The molecule has 7 unspecified atom stereocenters. The average Bonchev–Trinajstić information content (AvgIpc) is 3.34. The highest BCUT2D eigenvalue weighted by molar-refractivity contribution is 5.76. The minimum absolute atomic E-state index is 0.196. The van der Waals surface area contributed by atoms with Gasteiger partial charge in [-0.2, -0.15) is 0 Å². The zero-order chi connectivity index (χ0) is 49.4. The fourth-order valence-corrected chi connectivity index (χ4v) is 8.04. The summed E-state index contributed by atoms with van der Waals surface area (Å²) in [6.07, 6.45) is 61.8. The normalized spacial score (nSPS) is 20.4. The van der Waals surface area contributed by atoms with Gasteiger partial charge in [0, 0.05) is 6.42 Å². The lowest BCUT2D eigenvalue weighted by Gasteiger charge is -2.40. The van der Waals surface area contributed by atoms with E-state index in [1.165, 1.54) is 109 Å². The fraction of sp³-hybridized carbons (Fsp3) is 0.712. The summed E-state index contributed by atoms with van der Waals surface area (Å²) in [6.45, 7) is 3.62. The maximum atomic E-state index is 13.0. The Labute approximate surface area is 415 Å². The number of carbonyl (C=O) groups excluding carboxylic acids is 1. The zero-order valence-electron chi connectivity index (χ0n) is 43.1. The van der Waals surface area contributed by atoms with Gasteiger partial charge < -0.3 is 40.3 Å². The maximum Gasteiger partial charge on any atom is 0.220 e. The van der Waals surface area contributed by atoms with Crippen molar-refractivity contribution in [3.05, 3.63) is 97.2 Å². The third kappa shape index (κ3) is 37.0. The Balaban J connectivity index is 2.24. The van der Waals surface area contributed by atoms with Gasteiger partial charge in [-0.05, 0) is 89.9 Å². The lowest BCUT2D eigenvalue weighted by Crippen LogP contribution is -2.60. The topological polar surface area (TPSA) is 149 Å². The summed E-state index contributed by atoms with van der Waals surface area (Å²) in [5, 5.41) is 54.4. The molecule has 68 heavy (non-hydrogen) atoms. The van der Waals surface area contributed by atoms with E-state index >= 15 is 0 Å². The van der Waals surface area contributed by atoms with E-state index in [1.807, 2.05) is 6.08 Å². The smallest absolute Gasteiger partial charge is 0.220 e. The minimum Gasteiger partial charge on any atom is -0.394 e. The minimum atomic E-state index is -1.58. The predicted molar refractivity (Wildman–Crippen MR) is 285 cm³/mol. The van der Waals surface area contributed by atoms with Crippen molar-refractivity contribution in [1.29, 1.82) is 0 Å². The van der Waals surface area contributed by atoms with Crippen LogP contribution < -0.4 is 5.32 Å². The molecule has 1 saturated heterocycles. The Morgan fingerprint density at radius 1 is 0.515 bits per heavy atom. The van der Waals surface area contributed by atoms with E-state index in [2.05, 4.69) is 104 Å². The molecule has 1 aliphatic heterocycles. The van der Waals surface area contributed by atoms with Crippen LogP contribution in [-0.4, -0.2) is 87.5 Å². The lowest BCUT2D eigenvalue weighted by atomic mass is 9.99. The summed E-state index contributed by atoms with van der Waals surface area (Å²) >= 11 is 0. The second-order valence-corrected chi connectivity index (χ2v) is 18.6. The number of aliphatic hydroxyl groups excluding tert-OH is 5. The lowest BCUT2D eigenvalue weighted by molar-refractivity contribution is -0.302. The molecule has 1 heterocycles. The van der Waals surface area contributed by atoms with Gasteiger partial charge in [-0.15, -0.1) is 0 Å². The highest BCUT2D eigenvalue weighted by Gasteiger charge is 2.44. The summed E-state index contributed by atoms with van der Waals surface area (Å²) in [4.78, 5) is 13.0. The van der Waals surface area contributed by atoms with Gasteiger partial charge in [0.1, 0.15) is 24.4 Å². The Hall–Kier alpha value is -2.89. The molecule has 1 fully saturated rings. The molecule has 0 saturated carbocycles. The SMILES string of the molecule is CC/C=C\C/C=C\C/C=C\C/C=C\C/C=C\CCCCCCCCCCCCCCCC(=O)NC(COC1OC(CO)C(O)C(O)C1O)C(O)/C=C/CC/C=C/CC/C=C/CCCCCCCC. The number of unbranched alkanes of at least 4 members (excludes halogenated alkanes) is 21. The van der Waals surface area contributed by atoms with Crippen LogP contribution in [0.5, 0.6) is 0 Å². The molecule has 0 aromatic carbocycles. The predicted octanol–water partition coefficient (Wildman–Crippen LogP) is 13.2. The van der Waals surface area contributed by atoms with Gasteiger partial charge in [0.05, 0.1) is 25.4 Å². The standard InChI is InChI=1S/C59H101NO8/c1-3-5-7-9-11-13-15-17-19-21-22-23-24-25-26-27-28-29-30-31-32-33-35-37-39-41-43-45-47-49-55(63)60-52(51-67-59-58(66)57(65)56(64)54(50-61)68-59)53(62)48-46-44-42-40-38-36-34-20-18-16-14-12-10-8-6-4-2/h5,7,11,13,17-20,22-23,25-26,38,40,46,48,52-54,56-59,61-62,64-66H,3-4,6,8-10,12,14-16,21,24,27-37,39,41-45,47,49-51H2,1-2H3,(H,60,63)/b7-5-,13-11-,19-17-,20-18+,23-22-,26-25-,40-38+,48-46+. The van der Waals surface area contributed by atoms with Crippen LogP contribution in [0.1, 0.15) is 213 Å². The van der Waals surface area contributed by atoms with Crippen molar-refractivity contribution in [3.63, 3.8) is 0 Å². The van der Waals surface area contributed by atoms with Crippen LogP contribution >= 0.6 is 0 Å². The van der Waals surface area contributed by atoms with Crippen molar-refractivity contribution in [2.75, 3.05) is 13.2 Å². The number of ether oxygens (including phenoxy) is 2. The van der Waals surface area contributed by atoms with Crippen molar-refractivity contribution in [2.45, 2.75) is 256 Å². The van der Waals surface area contributed by atoms with Crippen LogP contribution in [0.3, 0.4) is 0 Å². The van der Waals surface area contributed by atoms with Crippen molar-refractivity contribution in [3.8, 4) is 0 Å². The Bertz CT molecular complexity index is 1380. The average molecular weight is 952 g/mol. The fourth-order valence-electron chi connectivity index (χ4n) is 8.04. The van der Waals surface area contributed by atoms with E-state index in [0.717, 1.165) is 83.5 Å². The monoisotopic (exact) mass is 952 g/mol. The van der Waals surface area contributed by atoms with Gasteiger partial charge in [0.25, 0.3) is 0 Å². The summed E-state index contributed by atoms with van der Waals surface area (Å²) in [5.41, 5.74) is 0. The molecule has 0 aliphatic carbocycles. The number of nitrogens with one attached hydrogen (secondary N) is 1. The number of hydrogen-bond acceptors (Lipinski definition) is 8. The quantitative estimate of drug-likeness (QED) is 0.0261. The van der Waals surface area contributed by atoms with E-state index in [1.54, 1.807) is 6.08 Å². The maximum absolute atomic E-state index is 13.0. The molecule has 1 aliphatic rings. The largest absolute Gasteiger partial charge is 0.394 e. The van der Waals surface area contributed by atoms with Crippen molar-refractivity contribution >= 4 is 5.91 Å². The van der Waals surface area contributed by atoms with E-state index in [4.69, 9.17) is 9.47 Å². The molecule has 9 heteroatoms. The first-order chi connectivity index (χ1) is 33.3. The molecule has 7 atom stereocenters. The Morgan fingerprint density at radius 2 is 0.926 bits per heavy atom. The second kappa shape index (κ2) is 47.8. The molecule has 390 valence electrons. The molecule has 0 bridgehead atoms. The molecule has 0 aromatic rings. The third-order valence-corrected chi connectivity index (χ3v) is 12.4. The van der Waals surface area contributed by atoms with Crippen molar-refractivity contribution in [2.24, 2.45) is 0 Å². The number of aliphatic hydroxyl groups is 5. The first-order valence-electron chi connectivity index (χ1n) is 27.5. The van der Waals surface area contributed by atoms with Gasteiger partial charge in [-0.25, -0.2) is 0 Å². The number of hydrogen-bond donors (Lipinski definition) is 6. The van der Waals surface area contributed by atoms with E-state index in [9.17, 15) is 30.3 Å². The zero-order valence-corrected chi connectivity index (χ0v) is 43.1. The molecule has 1 rings (SSSR count). The van der Waals surface area contributed by atoms with Crippen LogP contribution in [0, 0.1) is 0 Å². The molecule has 0 spiro atoms. The van der Waals surface area contributed by atoms with Gasteiger partial charge in [-0.3, -0.25) is 4.79 Å². The van der Waals surface area contributed by atoms with Crippen LogP contribution in [0.2, 0.25) is 0 Å². The van der Waals surface area contributed by atoms with Gasteiger partial charge in [0.15, 0.2) is 6.29 Å². The first-order valence-corrected chi connectivity index (χ1v) is 27.5. The Morgan fingerprint density at radius 3 is 1.41 bits per heavy atom. The molecule has 0 radical (unpaired) electrons. The molecular weight excluding hydrogens is 851 g/mol. The van der Waals surface area contributed by atoms with Gasteiger partial charge >= 0.3 is 0 Å². The molecular formula is C59H101NO8. The first kappa shape index (κ1) is 63.1. The highest BCUT2D eigenvalue weighted by atomic mass is 16.7. The van der Waals surface area contributed by atoms with Gasteiger partial charge in [0.2, 0.25) is 5.91 Å². The van der Waals surface area contributed by atoms with E-state index in [0.29, 0.717) is 6.42 Å². The summed E-state index contributed by atoms with van der Waals surface area (Å²) in [7, 11) is 0. The molecule has 9 nitrogen and oxygen atoms in total. The van der Waals surface area contributed by atoms with Crippen LogP contribution in [0.4, 0.5) is 0 Å². The number of allylic oxidation sites excluding steroid dienone is 15. The van der Waals surface area contributed by atoms with Gasteiger partial charge in [-0.1, -0.05) is 214 Å². The Kier molecular flexibility index (Phi) is 44.3. The highest BCUT2D eigenvalue weighted by Crippen LogP contribution is 2.23. The van der Waals surface area contributed by atoms with Crippen LogP contribution in [-0.2, 0) is 14.3 Å². The number of rotatable bonds is 45. The number of carbonyl (C=O) groups is 1. The summed E-state index contributed by atoms with van der Waals surface area (Å²) < 4.78 is 11.2. The van der Waals surface area contributed by atoms with Crippen molar-refractivity contribution in [1.82, 2.24) is 5.32 Å². The second-order valence-electron chi connectivity index (χ2n) is 18.6. The van der Waals surface area contributed by atoms with Crippen molar-refractivity contribution < 1.29 is 39.8 Å². The van der Waals surface area contributed by atoms with E-state index in [-0.39, 0.29) is 12.5 Å². The summed E-state index contributed by atoms with van der Waals surface area (Å²) in [6, 6.07) is -0.834. The summed E-state index contributed by atoms with van der Waals surface area (Å²) in [5.74, 6) is -0.196. The van der Waals surface area contributed by atoms with Crippen LogP contribution in [0.15, 0.2) is 97.2 Å². The molecule has 0 aromatic heterocycles. The molecule has 1 amide bonds. The van der Waals surface area contributed by atoms with E-state index < -0.39 is 49.5 Å². The van der Waals surface area contributed by atoms with Crippen LogP contribution in [0.25, 0.3) is 0 Å². The molecule has 6 N–H and O–H groups in total. The third-order valence-electron chi connectivity index (χ3n) is 12.4.